The van der Waals surface area contributed by atoms with Crippen LogP contribution in [-0.2, 0) is 6.42 Å². The van der Waals surface area contributed by atoms with Crippen molar-refractivity contribution in [2.45, 2.75) is 64.0 Å². The molecule has 0 saturated carbocycles. The van der Waals surface area contributed by atoms with Crippen molar-refractivity contribution in [3.8, 4) is 0 Å². The molecule has 3 aromatic rings. The third-order valence-corrected chi connectivity index (χ3v) is 7.35. The molecule has 2 atom stereocenters. The molecule has 5 rings (SSSR count). The minimum Gasteiger partial charge on any atom is -0.331 e. The van der Waals surface area contributed by atoms with Crippen LogP contribution in [-0.4, -0.2) is 32.1 Å². The number of hydrogen-bond acceptors (Lipinski definition) is 5. The highest BCUT2D eigenvalue weighted by molar-refractivity contribution is 7.16. The fourth-order valence-corrected chi connectivity index (χ4v) is 5.73. The molecule has 1 unspecified atom stereocenters. The van der Waals surface area contributed by atoms with Crippen LogP contribution < -0.4 is 10.9 Å². The zero-order valence-corrected chi connectivity index (χ0v) is 18.7. The first-order valence-electron chi connectivity index (χ1n) is 11.1. The number of nitrogens with zero attached hydrogens (tertiary/aromatic N) is 4. The second kappa shape index (κ2) is 8.07. The molecule has 0 bridgehead atoms. The summed E-state index contributed by atoms with van der Waals surface area (Å²) in [5.41, 5.74) is 3.17. The molecule has 0 radical (unpaired) electrons. The van der Waals surface area contributed by atoms with E-state index in [1.54, 1.807) is 6.07 Å². The monoisotopic (exact) mass is 437 g/mol. The lowest BCUT2D eigenvalue weighted by Gasteiger charge is -2.30. The Morgan fingerprint density at radius 2 is 2.06 bits per heavy atom. The molecule has 7 nitrogen and oxygen atoms in total. The van der Waals surface area contributed by atoms with Crippen LogP contribution in [0.2, 0.25) is 0 Å². The molecule has 162 valence electrons. The smallest absolute Gasteiger partial charge is 0.318 e. The van der Waals surface area contributed by atoms with Crippen LogP contribution >= 0.6 is 11.3 Å². The van der Waals surface area contributed by atoms with Gasteiger partial charge in [-0.2, -0.15) is 9.61 Å². The first kappa shape index (κ1) is 20.2. The van der Waals surface area contributed by atoms with E-state index in [4.69, 9.17) is 0 Å². The molecular weight excluding hydrogens is 410 g/mol. The van der Waals surface area contributed by atoms with E-state index >= 15 is 0 Å². The van der Waals surface area contributed by atoms with Gasteiger partial charge in [-0.25, -0.2) is 9.78 Å². The van der Waals surface area contributed by atoms with Gasteiger partial charge in [0.15, 0.2) is 0 Å². The Labute approximate surface area is 185 Å². The fraction of sp³-hybridized carbons (Fsp3) is 0.478. The lowest BCUT2D eigenvalue weighted by atomic mass is 9.88. The molecule has 1 aliphatic carbocycles. The summed E-state index contributed by atoms with van der Waals surface area (Å²) in [7, 11) is 0. The number of nitrogens with one attached hydrogen (secondary N) is 1. The van der Waals surface area contributed by atoms with E-state index in [0.717, 1.165) is 42.8 Å². The summed E-state index contributed by atoms with van der Waals surface area (Å²) in [5.74, 6) is 0.176. The molecule has 1 aromatic carbocycles. The number of likely N-dealkylation sites (tertiary alicyclic amines) is 1. The van der Waals surface area contributed by atoms with Crippen molar-refractivity contribution < 1.29 is 4.79 Å². The minimum absolute atomic E-state index is 0.0481. The van der Waals surface area contributed by atoms with Gasteiger partial charge in [0, 0.05) is 12.6 Å². The third-order valence-electron chi connectivity index (χ3n) is 6.34. The average molecular weight is 438 g/mol. The number of aryl methyl sites for hydroxylation is 1. The predicted octanol–water partition coefficient (Wildman–Crippen LogP) is 4.20. The maximum absolute atomic E-state index is 13.2. The number of carbonyl (C=O) groups excluding carboxylic acids is 1. The first-order valence-corrected chi connectivity index (χ1v) is 11.9. The number of amides is 2. The van der Waals surface area contributed by atoms with E-state index in [-0.39, 0.29) is 29.6 Å². The van der Waals surface area contributed by atoms with Crippen LogP contribution in [0.25, 0.3) is 4.96 Å². The molecule has 2 aromatic heterocycles. The maximum Gasteiger partial charge on any atom is 0.318 e. The van der Waals surface area contributed by atoms with Crippen molar-refractivity contribution in [1.29, 1.82) is 0 Å². The topological polar surface area (TPSA) is 79.6 Å². The first-order chi connectivity index (χ1) is 15.0. The van der Waals surface area contributed by atoms with E-state index in [1.165, 1.54) is 27.0 Å². The molecule has 1 fully saturated rings. The van der Waals surface area contributed by atoms with Gasteiger partial charge in [0.25, 0.3) is 5.56 Å². The number of aromatic nitrogens is 3. The molecular formula is C23H27N5O2S. The molecule has 31 heavy (non-hydrogen) atoms. The Balaban J connectivity index is 1.39. The highest BCUT2D eigenvalue weighted by Gasteiger charge is 2.34. The summed E-state index contributed by atoms with van der Waals surface area (Å²) in [4.78, 5) is 32.8. The Kier molecular flexibility index (Phi) is 5.25. The van der Waals surface area contributed by atoms with Crippen molar-refractivity contribution in [3.63, 3.8) is 0 Å². The van der Waals surface area contributed by atoms with Gasteiger partial charge in [-0.05, 0) is 49.1 Å². The van der Waals surface area contributed by atoms with Crippen molar-refractivity contribution in [3.05, 3.63) is 62.5 Å². The number of urea groups is 1. The van der Waals surface area contributed by atoms with E-state index < -0.39 is 0 Å². The molecule has 8 heteroatoms. The normalized spacial score (nSPS) is 20.9. The SMILES string of the molecule is CC(C)c1cc(=O)n2nc(C3CCCN3C(=O)N[C@@H]3CCCc4ccccc43)sc2n1. The van der Waals surface area contributed by atoms with Crippen LogP contribution in [0.5, 0.6) is 0 Å². The fourth-order valence-electron chi connectivity index (χ4n) is 4.68. The zero-order chi connectivity index (χ0) is 21.5. The average Bonchev–Trinajstić information content (AvgIpc) is 3.41. The minimum atomic E-state index is -0.163. The van der Waals surface area contributed by atoms with Crippen molar-refractivity contribution >= 4 is 22.3 Å². The molecule has 1 aliphatic heterocycles. The van der Waals surface area contributed by atoms with Crippen molar-refractivity contribution in [1.82, 2.24) is 24.8 Å². The zero-order valence-electron chi connectivity index (χ0n) is 17.9. The predicted molar refractivity (Wildman–Crippen MR) is 121 cm³/mol. The maximum atomic E-state index is 13.2. The number of rotatable bonds is 3. The second-order valence-corrected chi connectivity index (χ2v) is 9.74. The Bertz CT molecular complexity index is 1180. The molecule has 2 amide bonds. The van der Waals surface area contributed by atoms with Crippen LogP contribution in [0.3, 0.4) is 0 Å². The molecule has 1 saturated heterocycles. The standard InChI is InChI=1S/C23H27N5O2S/c1-14(2)18-13-20(29)28-23(25-18)31-21(26-28)19-11-6-12-27(19)22(30)24-17-10-5-8-15-7-3-4-9-16(15)17/h3-4,7,9,13-14,17,19H,5-6,8,10-12H2,1-2H3,(H,24,30)/t17-,19?/m1/s1. The largest absolute Gasteiger partial charge is 0.331 e. The number of fused-ring (bicyclic) bond motifs is 2. The Morgan fingerprint density at radius 1 is 1.23 bits per heavy atom. The summed E-state index contributed by atoms with van der Waals surface area (Å²) >= 11 is 1.42. The van der Waals surface area contributed by atoms with Gasteiger partial charge in [-0.1, -0.05) is 49.4 Å². The quantitative estimate of drug-likeness (QED) is 0.666. The number of hydrogen-bond donors (Lipinski definition) is 1. The van der Waals surface area contributed by atoms with Crippen molar-refractivity contribution in [2.75, 3.05) is 6.54 Å². The number of carbonyl (C=O) groups is 1. The highest BCUT2D eigenvalue weighted by atomic mass is 32.1. The van der Waals surface area contributed by atoms with Gasteiger partial charge in [-0.15, -0.1) is 0 Å². The van der Waals surface area contributed by atoms with E-state index in [9.17, 15) is 9.59 Å². The lowest BCUT2D eigenvalue weighted by molar-refractivity contribution is 0.187. The summed E-state index contributed by atoms with van der Waals surface area (Å²) in [6, 6.07) is 9.82. The van der Waals surface area contributed by atoms with Crippen molar-refractivity contribution in [2.24, 2.45) is 0 Å². The Morgan fingerprint density at radius 3 is 2.90 bits per heavy atom. The summed E-state index contributed by atoms with van der Waals surface area (Å²) in [6.07, 6.45) is 4.88. The summed E-state index contributed by atoms with van der Waals surface area (Å²) in [5, 5.41) is 8.59. The van der Waals surface area contributed by atoms with Gasteiger partial charge in [0.05, 0.1) is 17.8 Å². The molecule has 3 heterocycles. The molecule has 2 aliphatic rings. The summed E-state index contributed by atoms with van der Waals surface area (Å²) < 4.78 is 1.37. The van der Waals surface area contributed by atoms with Crippen LogP contribution in [0.4, 0.5) is 4.79 Å². The molecule has 1 N–H and O–H groups in total. The van der Waals surface area contributed by atoms with Gasteiger partial charge in [0.2, 0.25) is 4.96 Å². The third kappa shape index (κ3) is 3.73. The second-order valence-electron chi connectivity index (χ2n) is 8.75. The Hall–Kier alpha value is -2.74. The lowest BCUT2D eigenvalue weighted by Crippen LogP contribution is -2.42. The number of benzene rings is 1. The molecule has 0 spiro atoms. The van der Waals surface area contributed by atoms with E-state index in [2.05, 4.69) is 33.6 Å². The van der Waals surface area contributed by atoms with Crippen LogP contribution in [0.15, 0.2) is 35.1 Å². The van der Waals surface area contributed by atoms with E-state index in [1.807, 2.05) is 24.8 Å². The van der Waals surface area contributed by atoms with Crippen LogP contribution in [0.1, 0.15) is 79.4 Å². The van der Waals surface area contributed by atoms with E-state index in [0.29, 0.717) is 11.5 Å². The van der Waals surface area contributed by atoms with Gasteiger partial charge < -0.3 is 10.2 Å². The van der Waals surface area contributed by atoms with Gasteiger partial charge in [0.1, 0.15) is 5.01 Å². The van der Waals surface area contributed by atoms with Crippen LogP contribution in [0, 0.1) is 0 Å². The summed E-state index contributed by atoms with van der Waals surface area (Å²) in [6.45, 7) is 4.74. The highest BCUT2D eigenvalue weighted by Crippen LogP contribution is 2.35. The van der Waals surface area contributed by atoms with Gasteiger partial charge in [-0.3, -0.25) is 4.79 Å². The van der Waals surface area contributed by atoms with Gasteiger partial charge >= 0.3 is 6.03 Å².